The van der Waals surface area contributed by atoms with Crippen LogP contribution in [0.1, 0.15) is 13.8 Å². The first kappa shape index (κ1) is 15.2. The molecule has 0 aromatic carbocycles. The third kappa shape index (κ3) is 8.00. The van der Waals surface area contributed by atoms with Gasteiger partial charge in [-0.25, -0.2) is 0 Å². The molecule has 0 aliphatic carbocycles. The van der Waals surface area contributed by atoms with Gasteiger partial charge in [0.05, 0.1) is 18.8 Å². The Labute approximate surface area is 109 Å². The van der Waals surface area contributed by atoms with Crippen molar-refractivity contribution < 1.29 is 9.84 Å². The molecular weight excluding hydrogens is 236 g/mol. The highest BCUT2D eigenvalue weighted by Crippen LogP contribution is 2.07. The Bertz CT molecular complexity index is 187. The molecule has 1 saturated heterocycles. The van der Waals surface area contributed by atoms with Crippen LogP contribution in [-0.4, -0.2) is 73.1 Å². The molecule has 1 atom stereocenters. The first-order valence-electron chi connectivity index (χ1n) is 6.49. The molecule has 1 aliphatic heterocycles. The molecule has 0 amide bonds. The number of rotatable bonds is 8. The number of hydrogen-bond donors (Lipinski definition) is 2. The number of ether oxygens (including phenoxy) is 1. The SMILES string of the molecule is CC(C)OCC(O)CNCCN1CCSCC1. The maximum Gasteiger partial charge on any atom is 0.0897 e. The van der Waals surface area contributed by atoms with Gasteiger partial charge in [-0.05, 0) is 13.8 Å². The van der Waals surface area contributed by atoms with Gasteiger partial charge in [0, 0.05) is 44.2 Å². The molecule has 4 nitrogen and oxygen atoms in total. The summed E-state index contributed by atoms with van der Waals surface area (Å²) in [6.45, 7) is 9.43. The molecule has 1 unspecified atom stereocenters. The normalized spacial score (nSPS) is 19.8. The van der Waals surface area contributed by atoms with Gasteiger partial charge in [0.2, 0.25) is 0 Å². The summed E-state index contributed by atoms with van der Waals surface area (Å²) in [6, 6.07) is 0. The van der Waals surface area contributed by atoms with E-state index in [-0.39, 0.29) is 6.10 Å². The standard InChI is InChI=1S/C12H26N2O2S/c1-11(2)16-10-12(15)9-13-3-4-14-5-7-17-8-6-14/h11-13,15H,3-10H2,1-2H3. The Morgan fingerprint density at radius 1 is 1.35 bits per heavy atom. The minimum Gasteiger partial charge on any atom is -0.389 e. The molecule has 1 rings (SSSR count). The molecule has 0 spiro atoms. The maximum absolute atomic E-state index is 9.63. The van der Waals surface area contributed by atoms with Crippen LogP contribution in [0.4, 0.5) is 0 Å². The van der Waals surface area contributed by atoms with Crippen molar-refractivity contribution >= 4 is 11.8 Å². The van der Waals surface area contributed by atoms with E-state index < -0.39 is 6.10 Å². The van der Waals surface area contributed by atoms with Crippen LogP contribution in [0.5, 0.6) is 0 Å². The molecule has 1 fully saturated rings. The fraction of sp³-hybridized carbons (Fsp3) is 1.00. The van der Waals surface area contributed by atoms with E-state index in [0.29, 0.717) is 13.2 Å². The Morgan fingerprint density at radius 2 is 2.06 bits per heavy atom. The van der Waals surface area contributed by atoms with Crippen LogP contribution in [0, 0.1) is 0 Å². The minimum atomic E-state index is -0.394. The van der Waals surface area contributed by atoms with E-state index in [4.69, 9.17) is 4.74 Å². The van der Waals surface area contributed by atoms with Crippen LogP contribution in [0.15, 0.2) is 0 Å². The molecule has 1 aliphatic rings. The van der Waals surface area contributed by atoms with Crippen LogP contribution in [0.3, 0.4) is 0 Å². The first-order chi connectivity index (χ1) is 8.18. The highest BCUT2D eigenvalue weighted by molar-refractivity contribution is 7.99. The summed E-state index contributed by atoms with van der Waals surface area (Å²) in [6.07, 6.45) is -0.204. The predicted octanol–water partition coefficient (Wildman–Crippen LogP) is 0.411. The van der Waals surface area contributed by atoms with E-state index >= 15 is 0 Å². The van der Waals surface area contributed by atoms with Crippen molar-refractivity contribution in [2.24, 2.45) is 0 Å². The fourth-order valence-corrected chi connectivity index (χ4v) is 2.67. The van der Waals surface area contributed by atoms with E-state index in [2.05, 4.69) is 10.2 Å². The van der Waals surface area contributed by atoms with Gasteiger partial charge < -0.3 is 20.1 Å². The number of hydrogen-bond acceptors (Lipinski definition) is 5. The fourth-order valence-electron chi connectivity index (χ4n) is 1.69. The Morgan fingerprint density at radius 3 is 2.71 bits per heavy atom. The van der Waals surface area contributed by atoms with Crippen molar-refractivity contribution in [2.45, 2.75) is 26.1 Å². The molecule has 0 aromatic heterocycles. The van der Waals surface area contributed by atoms with Gasteiger partial charge in [-0.3, -0.25) is 0 Å². The summed E-state index contributed by atoms with van der Waals surface area (Å²) in [4.78, 5) is 2.47. The highest BCUT2D eigenvalue weighted by atomic mass is 32.2. The lowest BCUT2D eigenvalue weighted by atomic mass is 10.3. The Kier molecular flexibility index (Phi) is 8.22. The number of aliphatic hydroxyl groups is 1. The monoisotopic (exact) mass is 262 g/mol. The smallest absolute Gasteiger partial charge is 0.0897 e. The second kappa shape index (κ2) is 9.16. The largest absolute Gasteiger partial charge is 0.389 e. The highest BCUT2D eigenvalue weighted by Gasteiger charge is 2.10. The van der Waals surface area contributed by atoms with Crippen molar-refractivity contribution in [3.05, 3.63) is 0 Å². The van der Waals surface area contributed by atoms with E-state index in [9.17, 15) is 5.11 Å². The predicted molar refractivity (Wildman–Crippen MR) is 73.7 cm³/mol. The van der Waals surface area contributed by atoms with Crippen LogP contribution >= 0.6 is 11.8 Å². The third-order valence-electron chi connectivity index (χ3n) is 2.71. The zero-order valence-corrected chi connectivity index (χ0v) is 11.8. The van der Waals surface area contributed by atoms with Crippen LogP contribution in [-0.2, 0) is 4.74 Å². The van der Waals surface area contributed by atoms with Gasteiger partial charge in [0.25, 0.3) is 0 Å². The Balaban J connectivity index is 1.92. The number of aliphatic hydroxyl groups excluding tert-OH is 1. The average Bonchev–Trinajstić information content (AvgIpc) is 2.33. The molecule has 1 heterocycles. The summed E-state index contributed by atoms with van der Waals surface area (Å²) in [5.41, 5.74) is 0. The molecule has 0 aromatic rings. The zero-order valence-electron chi connectivity index (χ0n) is 11.0. The summed E-state index contributed by atoms with van der Waals surface area (Å²) >= 11 is 2.03. The molecule has 5 heteroatoms. The molecule has 2 N–H and O–H groups in total. The van der Waals surface area contributed by atoms with Gasteiger partial charge in [-0.1, -0.05) is 0 Å². The topological polar surface area (TPSA) is 44.7 Å². The molecule has 0 saturated carbocycles. The van der Waals surface area contributed by atoms with Crippen molar-refractivity contribution in [1.82, 2.24) is 10.2 Å². The van der Waals surface area contributed by atoms with Crippen molar-refractivity contribution in [3.8, 4) is 0 Å². The van der Waals surface area contributed by atoms with Crippen LogP contribution in [0.2, 0.25) is 0 Å². The van der Waals surface area contributed by atoms with Gasteiger partial charge in [0.15, 0.2) is 0 Å². The number of nitrogens with zero attached hydrogens (tertiary/aromatic N) is 1. The van der Waals surface area contributed by atoms with E-state index in [1.165, 1.54) is 24.6 Å². The van der Waals surface area contributed by atoms with Crippen LogP contribution < -0.4 is 5.32 Å². The summed E-state index contributed by atoms with van der Waals surface area (Å²) in [5.74, 6) is 2.51. The van der Waals surface area contributed by atoms with E-state index in [1.807, 2.05) is 25.6 Å². The first-order valence-corrected chi connectivity index (χ1v) is 7.64. The van der Waals surface area contributed by atoms with Gasteiger partial charge in [-0.15, -0.1) is 0 Å². The van der Waals surface area contributed by atoms with Crippen LogP contribution in [0.25, 0.3) is 0 Å². The number of nitrogens with one attached hydrogen (secondary N) is 1. The van der Waals surface area contributed by atoms with Crippen molar-refractivity contribution in [3.63, 3.8) is 0 Å². The second-order valence-electron chi connectivity index (χ2n) is 4.69. The second-order valence-corrected chi connectivity index (χ2v) is 5.92. The van der Waals surface area contributed by atoms with Gasteiger partial charge in [-0.2, -0.15) is 11.8 Å². The lowest BCUT2D eigenvalue weighted by Gasteiger charge is -2.26. The lowest BCUT2D eigenvalue weighted by Crippen LogP contribution is -2.40. The van der Waals surface area contributed by atoms with Crippen molar-refractivity contribution in [1.29, 1.82) is 0 Å². The molecule has 102 valence electrons. The molecule has 0 radical (unpaired) electrons. The maximum atomic E-state index is 9.63. The number of thioether (sulfide) groups is 1. The average molecular weight is 262 g/mol. The minimum absolute atomic E-state index is 0.190. The molecule has 17 heavy (non-hydrogen) atoms. The van der Waals surface area contributed by atoms with Gasteiger partial charge >= 0.3 is 0 Å². The third-order valence-corrected chi connectivity index (χ3v) is 3.65. The quantitative estimate of drug-likeness (QED) is 0.620. The summed E-state index contributed by atoms with van der Waals surface area (Å²) < 4.78 is 5.35. The molecule has 0 bridgehead atoms. The summed E-state index contributed by atoms with van der Waals surface area (Å²) in [5, 5.41) is 12.9. The van der Waals surface area contributed by atoms with Crippen molar-refractivity contribution in [2.75, 3.05) is 50.8 Å². The van der Waals surface area contributed by atoms with Gasteiger partial charge in [0.1, 0.15) is 0 Å². The van der Waals surface area contributed by atoms with E-state index in [0.717, 1.165) is 13.1 Å². The molecular formula is C12H26N2O2S. The summed E-state index contributed by atoms with van der Waals surface area (Å²) in [7, 11) is 0. The Hall–Kier alpha value is 0.190. The zero-order chi connectivity index (χ0) is 12.5. The lowest BCUT2D eigenvalue weighted by molar-refractivity contribution is 0.00632. The van der Waals surface area contributed by atoms with E-state index in [1.54, 1.807) is 0 Å².